The Morgan fingerprint density at radius 3 is 2.05 bits per heavy atom. The molecular weight excluding hydrogens is 1020 g/mol. The minimum atomic E-state index is -2.81. The second-order valence-corrected chi connectivity index (χ2v) is 22.5. The number of ether oxygens (including phenoxy) is 1. The Hall–Kier alpha value is -10.6. The maximum absolute atomic E-state index is 9.45. The van der Waals surface area contributed by atoms with Crippen molar-refractivity contribution in [3.05, 3.63) is 272 Å². The fraction of sp³-hybridized carbons (Fsp3) is 0.0769. The van der Waals surface area contributed by atoms with Crippen LogP contribution in [-0.4, -0.2) is 14.1 Å². The van der Waals surface area contributed by atoms with Gasteiger partial charge in [-0.3, -0.25) is 13.7 Å². The number of aryl methyl sites for hydroxylation is 2. The number of pyridine rings is 1. The molecule has 0 radical (unpaired) electrons. The number of nitrogens with zero attached hydrogens (tertiary/aromatic N) is 4. The molecule has 6 nitrogen and oxygen atoms in total. The van der Waals surface area contributed by atoms with E-state index in [0.717, 1.165) is 60.7 Å². The van der Waals surface area contributed by atoms with Gasteiger partial charge < -0.3 is 9.15 Å². The van der Waals surface area contributed by atoms with Gasteiger partial charge in [0.2, 0.25) is 0 Å². The van der Waals surface area contributed by atoms with Gasteiger partial charge in [0.05, 0.1) is 40.3 Å². The first-order valence-corrected chi connectivity index (χ1v) is 27.9. The van der Waals surface area contributed by atoms with E-state index < -0.39 is 43.9 Å². The molecule has 0 bridgehead atoms. The Morgan fingerprint density at radius 2 is 1.20 bits per heavy atom. The first-order valence-electron chi connectivity index (χ1n) is 33.4. The van der Waals surface area contributed by atoms with E-state index in [9.17, 15) is 2.74 Å². The Balaban J connectivity index is 1.00. The SMILES string of the molecule is [2H]c1c([2H])c([2H])c(-c2cccc3c2-c2ccccc2-c2cc(-c4ccc5oc6ccccc6c5c4)cc4c2[n+]([c-]n4-c2cccc(Oc4ccc5c6ccccc6n(-c6cc(C(C)(C)C)ccn6)c5c4)c2)-c2c-3cccc2-c2c(C([2H])([2H])[2H])cccc2C([2H])([2H])[2H])c([2H])c1[2H]. The molecule has 400 valence electrons. The predicted octanol–water partition coefficient (Wildman–Crippen LogP) is 20.1. The lowest BCUT2D eigenvalue weighted by Crippen LogP contribution is -2.32. The molecule has 5 heterocycles. The van der Waals surface area contributed by atoms with Gasteiger partial charge in [0, 0.05) is 42.0 Å². The van der Waals surface area contributed by atoms with Crippen LogP contribution in [0.3, 0.4) is 0 Å². The zero-order valence-electron chi connectivity index (χ0n) is 56.9. The van der Waals surface area contributed by atoms with E-state index in [1.165, 1.54) is 18.2 Å². The van der Waals surface area contributed by atoms with Crippen LogP contribution >= 0.6 is 0 Å². The number of furan rings is 1. The lowest BCUT2D eigenvalue weighted by Gasteiger charge is -2.22. The van der Waals surface area contributed by atoms with E-state index in [1.54, 1.807) is 24.3 Å². The van der Waals surface area contributed by atoms with Crippen LogP contribution in [0.5, 0.6) is 11.5 Å². The standard InChI is InChI=1S/C78H56N4O2/c1-48-19-15-20-49(2)74(48)65-32-18-31-64-63-30-17-29-57(50-21-7-6-8-22-50)75(63)62-28-10-9-25-58(62)67-42-52(51-35-38-72-66(41-51)61-27-12-14-34-71(61)84-72)43-70-77(67)81(76(64)65)47-80(70)54-23-16-24-55(45-54)83-56-36-37-60-59-26-11-13-33-68(59)82(69(60)46-56)73-44-53(39-40-79-73)78(3,4)5/h6-46H,1-5H3/i1D3,2D3,6D,7D,8D,21D,22D. The molecule has 4 aromatic heterocycles. The van der Waals surface area contributed by atoms with E-state index in [0.29, 0.717) is 78.4 Å². The van der Waals surface area contributed by atoms with Crippen molar-refractivity contribution in [1.82, 2.24) is 14.1 Å². The highest BCUT2D eigenvalue weighted by Gasteiger charge is 2.30. The van der Waals surface area contributed by atoms with Crippen LogP contribution in [0.2, 0.25) is 0 Å². The minimum Gasteiger partial charge on any atom is -0.458 e. The molecule has 16 rings (SSSR count). The normalized spacial score (nSPS) is 14.3. The topological polar surface area (TPSA) is 49.0 Å². The molecule has 0 aliphatic carbocycles. The first kappa shape index (κ1) is 39.0. The summed E-state index contributed by atoms with van der Waals surface area (Å²) < 4.78 is 119. The zero-order valence-corrected chi connectivity index (χ0v) is 45.9. The summed E-state index contributed by atoms with van der Waals surface area (Å²) >= 11 is 0. The third-order valence-electron chi connectivity index (χ3n) is 16.5. The highest BCUT2D eigenvalue weighted by atomic mass is 16.5. The van der Waals surface area contributed by atoms with Gasteiger partial charge in [0.1, 0.15) is 28.5 Å². The van der Waals surface area contributed by atoms with Crippen molar-refractivity contribution >= 4 is 54.8 Å². The number of aromatic nitrogens is 4. The van der Waals surface area contributed by atoms with Crippen LogP contribution in [0.25, 0.3) is 139 Å². The van der Waals surface area contributed by atoms with Crippen LogP contribution in [0.1, 0.15) is 52.5 Å². The average molecular weight is 1090 g/mol. The summed E-state index contributed by atoms with van der Waals surface area (Å²) in [5, 5.41) is 3.95. The number of para-hydroxylation sites is 3. The van der Waals surface area contributed by atoms with Crippen molar-refractivity contribution in [1.29, 1.82) is 0 Å². The van der Waals surface area contributed by atoms with Gasteiger partial charge in [-0.05, 0) is 175 Å². The number of fused-ring (bicyclic) bond motifs is 13. The van der Waals surface area contributed by atoms with Gasteiger partial charge in [-0.15, -0.1) is 0 Å². The van der Waals surface area contributed by atoms with Crippen LogP contribution < -0.4 is 9.30 Å². The molecule has 15 aromatic rings. The predicted molar refractivity (Wildman–Crippen MR) is 344 cm³/mol. The second kappa shape index (κ2) is 19.0. The molecule has 1 aliphatic heterocycles. The molecular formula is C78H56N4O2. The lowest BCUT2D eigenvalue weighted by atomic mass is 9.83. The molecule has 1 aliphatic rings. The largest absolute Gasteiger partial charge is 0.458 e. The summed E-state index contributed by atoms with van der Waals surface area (Å²) in [6.45, 7) is 0.951. The van der Waals surface area contributed by atoms with Gasteiger partial charge in [0.15, 0.2) is 0 Å². The highest BCUT2D eigenvalue weighted by molar-refractivity contribution is 6.11. The third kappa shape index (κ3) is 7.85. The van der Waals surface area contributed by atoms with Crippen LogP contribution in [0.4, 0.5) is 0 Å². The Kier molecular flexibility index (Phi) is 8.82. The van der Waals surface area contributed by atoms with E-state index in [1.807, 2.05) is 137 Å². The monoisotopic (exact) mass is 1090 g/mol. The summed E-state index contributed by atoms with van der Waals surface area (Å²) in [4.78, 5) is 4.91. The molecule has 0 atom stereocenters. The quantitative estimate of drug-likeness (QED) is 0.118. The number of imidazole rings is 1. The number of rotatable bonds is 7. The maximum atomic E-state index is 9.45. The summed E-state index contributed by atoms with van der Waals surface area (Å²) in [6.07, 6.45) is 5.67. The molecule has 0 N–H and O–H groups in total. The van der Waals surface area contributed by atoms with E-state index in [4.69, 9.17) is 26.5 Å². The molecule has 6 heteroatoms. The number of benzene rings is 11. The molecule has 0 saturated carbocycles. The van der Waals surface area contributed by atoms with Crippen molar-refractivity contribution in [2.45, 2.75) is 39.9 Å². The van der Waals surface area contributed by atoms with Crippen LogP contribution in [0.15, 0.2) is 253 Å². The molecule has 0 spiro atoms. The average Bonchev–Trinajstić information content (AvgIpc) is 1.57. The molecule has 84 heavy (non-hydrogen) atoms. The smallest absolute Gasteiger partial charge is 0.269 e. The van der Waals surface area contributed by atoms with Crippen molar-refractivity contribution < 1.29 is 28.8 Å². The van der Waals surface area contributed by atoms with E-state index >= 15 is 0 Å². The summed E-state index contributed by atoms with van der Waals surface area (Å²) in [5.41, 5.74) is 12.0. The van der Waals surface area contributed by atoms with E-state index in [2.05, 4.69) is 80.2 Å². The third-order valence-corrected chi connectivity index (χ3v) is 16.5. The fourth-order valence-corrected chi connectivity index (χ4v) is 12.6. The van der Waals surface area contributed by atoms with E-state index in [-0.39, 0.29) is 33.2 Å². The first-order chi connectivity index (χ1) is 45.6. The van der Waals surface area contributed by atoms with Gasteiger partial charge in [-0.2, -0.15) is 0 Å². The van der Waals surface area contributed by atoms with Gasteiger partial charge in [0.25, 0.3) is 6.33 Å². The van der Waals surface area contributed by atoms with Crippen LogP contribution in [0, 0.1) is 20.0 Å². The molecule has 11 aromatic carbocycles. The van der Waals surface area contributed by atoms with Gasteiger partial charge in [-0.25, -0.2) is 4.98 Å². The summed E-state index contributed by atoms with van der Waals surface area (Å²) in [6, 6.07) is 65.1. The maximum Gasteiger partial charge on any atom is 0.269 e. The van der Waals surface area contributed by atoms with Gasteiger partial charge in [-0.1, -0.05) is 184 Å². The number of hydrogen-bond acceptors (Lipinski definition) is 3. The molecule has 0 amide bonds. The second-order valence-electron chi connectivity index (χ2n) is 22.5. The Labute approximate surface area is 502 Å². The van der Waals surface area contributed by atoms with Gasteiger partial charge >= 0.3 is 0 Å². The highest BCUT2D eigenvalue weighted by Crippen LogP contribution is 2.50. The summed E-state index contributed by atoms with van der Waals surface area (Å²) in [5.74, 6) is 1.86. The van der Waals surface area contributed by atoms with Crippen molar-refractivity contribution in [3.8, 4) is 95.5 Å². The Bertz CT molecular complexity index is 5690. The lowest BCUT2D eigenvalue weighted by molar-refractivity contribution is -0.570. The number of hydrogen-bond donors (Lipinski definition) is 0. The molecule has 0 saturated heterocycles. The van der Waals surface area contributed by atoms with Crippen molar-refractivity contribution in [2.24, 2.45) is 0 Å². The summed E-state index contributed by atoms with van der Waals surface area (Å²) in [7, 11) is 0. The fourth-order valence-electron chi connectivity index (χ4n) is 12.6. The zero-order chi connectivity index (χ0) is 65.7. The molecule has 0 fully saturated rings. The van der Waals surface area contributed by atoms with Crippen LogP contribution in [-0.2, 0) is 5.41 Å². The Morgan fingerprint density at radius 1 is 0.500 bits per heavy atom. The minimum absolute atomic E-state index is 0.00543. The van der Waals surface area contributed by atoms with Crippen molar-refractivity contribution in [3.63, 3.8) is 0 Å². The van der Waals surface area contributed by atoms with Crippen molar-refractivity contribution in [2.75, 3.05) is 0 Å². The molecule has 0 unspecified atom stereocenters.